The lowest BCUT2D eigenvalue weighted by molar-refractivity contribution is 0.0271. The van der Waals surface area contributed by atoms with Crippen LogP contribution >= 0.6 is 0 Å². The maximum absolute atomic E-state index is 13.5. The molecule has 29 heavy (non-hydrogen) atoms. The summed E-state index contributed by atoms with van der Waals surface area (Å²) in [6.45, 7) is 14.3. The minimum Gasteiger partial charge on any atom is -0.267 e. The normalized spacial score (nSPS) is 12.4. The molecule has 4 heteroatoms. The van der Waals surface area contributed by atoms with Crippen molar-refractivity contribution < 1.29 is 9.59 Å². The van der Waals surface area contributed by atoms with E-state index in [1.54, 1.807) is 17.1 Å². The van der Waals surface area contributed by atoms with Crippen LogP contribution in [0.2, 0.25) is 0 Å². The van der Waals surface area contributed by atoms with E-state index in [4.69, 9.17) is 0 Å². The summed E-state index contributed by atoms with van der Waals surface area (Å²) in [4.78, 5) is 26.5. The fourth-order valence-electron chi connectivity index (χ4n) is 3.61. The van der Waals surface area contributed by atoms with E-state index in [9.17, 15) is 9.59 Å². The largest absolute Gasteiger partial charge is 0.272 e. The van der Waals surface area contributed by atoms with Gasteiger partial charge in [0.15, 0.2) is 0 Å². The molecule has 0 saturated carbocycles. The van der Waals surface area contributed by atoms with Gasteiger partial charge in [0, 0.05) is 11.1 Å². The summed E-state index contributed by atoms with van der Waals surface area (Å²) in [5.74, 6) is -0.446. The van der Waals surface area contributed by atoms with Crippen molar-refractivity contribution in [1.82, 2.24) is 10.4 Å². The lowest BCUT2D eigenvalue weighted by Crippen LogP contribution is -2.56. The highest BCUT2D eigenvalue weighted by Crippen LogP contribution is 2.29. The van der Waals surface area contributed by atoms with Crippen LogP contribution in [0.15, 0.2) is 42.5 Å². The highest BCUT2D eigenvalue weighted by atomic mass is 16.2. The number of carbonyl (C=O) groups excluding carboxylic acids is 2. The summed E-state index contributed by atoms with van der Waals surface area (Å²) >= 11 is 0. The lowest BCUT2D eigenvalue weighted by Gasteiger charge is -2.40. The Balaban J connectivity index is 2.45. The van der Waals surface area contributed by atoms with E-state index in [0.717, 1.165) is 29.5 Å². The SMILES string of the molecule is CCC[C@H](N(NC(=O)c1ccc(C)cc1)C(=O)c1cc(C)cc(C)c1)C(C)(C)C. The smallest absolute Gasteiger partial charge is 0.267 e. The van der Waals surface area contributed by atoms with Gasteiger partial charge in [0.25, 0.3) is 11.8 Å². The number of carbonyl (C=O) groups is 2. The van der Waals surface area contributed by atoms with Gasteiger partial charge < -0.3 is 0 Å². The van der Waals surface area contributed by atoms with Crippen LogP contribution in [0, 0.1) is 26.2 Å². The second kappa shape index (κ2) is 9.25. The molecule has 4 nitrogen and oxygen atoms in total. The van der Waals surface area contributed by atoms with Gasteiger partial charge in [0.2, 0.25) is 0 Å². The number of hydrogen-bond donors (Lipinski definition) is 1. The molecule has 0 aliphatic heterocycles. The third-order valence-corrected chi connectivity index (χ3v) is 5.10. The first-order valence-electron chi connectivity index (χ1n) is 10.3. The van der Waals surface area contributed by atoms with Crippen LogP contribution in [-0.4, -0.2) is 22.9 Å². The van der Waals surface area contributed by atoms with Gasteiger partial charge in [-0.3, -0.25) is 15.0 Å². The minimum absolute atomic E-state index is 0.129. The van der Waals surface area contributed by atoms with Crippen LogP contribution in [0.4, 0.5) is 0 Å². The Kier molecular flexibility index (Phi) is 7.23. The highest BCUT2D eigenvalue weighted by molar-refractivity contribution is 5.99. The molecule has 0 saturated heterocycles. The molecule has 0 heterocycles. The molecule has 1 N–H and O–H groups in total. The Hall–Kier alpha value is -2.62. The molecule has 2 rings (SSSR count). The fraction of sp³-hybridized carbons (Fsp3) is 0.440. The molecule has 0 unspecified atom stereocenters. The van der Waals surface area contributed by atoms with Crippen LogP contribution < -0.4 is 5.43 Å². The van der Waals surface area contributed by atoms with Gasteiger partial charge in [-0.25, -0.2) is 5.01 Å². The number of aryl methyl sites for hydroxylation is 3. The molecule has 2 aromatic carbocycles. The van der Waals surface area contributed by atoms with Crippen LogP contribution in [0.5, 0.6) is 0 Å². The third kappa shape index (κ3) is 5.93. The Labute approximate surface area is 175 Å². The first kappa shape index (κ1) is 22.7. The Morgan fingerprint density at radius 1 is 0.897 bits per heavy atom. The van der Waals surface area contributed by atoms with E-state index in [0.29, 0.717) is 11.1 Å². The lowest BCUT2D eigenvalue weighted by atomic mass is 9.83. The number of nitrogens with zero attached hydrogens (tertiary/aromatic N) is 1. The molecule has 0 aromatic heterocycles. The summed E-state index contributed by atoms with van der Waals surface area (Å²) in [6, 6.07) is 13.1. The van der Waals surface area contributed by atoms with Gasteiger partial charge in [0.05, 0.1) is 6.04 Å². The van der Waals surface area contributed by atoms with Crippen LogP contribution in [0.3, 0.4) is 0 Å². The fourth-order valence-corrected chi connectivity index (χ4v) is 3.61. The molecule has 0 radical (unpaired) electrons. The molecule has 0 spiro atoms. The number of rotatable bonds is 5. The topological polar surface area (TPSA) is 49.4 Å². The molecule has 156 valence electrons. The number of hydrazine groups is 1. The van der Waals surface area contributed by atoms with Gasteiger partial charge in [0.1, 0.15) is 0 Å². The Bertz CT molecular complexity index is 843. The van der Waals surface area contributed by atoms with Crippen LogP contribution in [0.25, 0.3) is 0 Å². The average Bonchev–Trinajstić information content (AvgIpc) is 2.62. The van der Waals surface area contributed by atoms with Gasteiger partial charge in [-0.1, -0.05) is 69.0 Å². The van der Waals surface area contributed by atoms with Crippen molar-refractivity contribution in [3.63, 3.8) is 0 Å². The minimum atomic E-state index is -0.270. The summed E-state index contributed by atoms with van der Waals surface area (Å²) < 4.78 is 0. The average molecular weight is 395 g/mol. The van der Waals surface area contributed by atoms with Crippen molar-refractivity contribution in [2.45, 2.75) is 67.3 Å². The molecule has 0 aliphatic rings. The first-order chi connectivity index (χ1) is 13.5. The number of hydrogen-bond acceptors (Lipinski definition) is 2. The van der Waals surface area contributed by atoms with Crippen molar-refractivity contribution in [3.05, 3.63) is 70.3 Å². The number of nitrogens with one attached hydrogen (secondary N) is 1. The molecular formula is C25H34N2O2. The standard InChI is InChI=1S/C25H34N2O2/c1-8-9-22(25(5,6)7)27(24(29)21-15-18(3)14-19(4)16-21)26-23(28)20-12-10-17(2)11-13-20/h10-16,22H,8-9H2,1-7H3,(H,26,28)/t22-/m0/s1. The quantitative estimate of drug-likeness (QED) is 0.670. The predicted octanol–water partition coefficient (Wildman–Crippen LogP) is 5.61. The maximum atomic E-state index is 13.5. The maximum Gasteiger partial charge on any atom is 0.272 e. The second-order valence-electron chi connectivity index (χ2n) is 9.03. The van der Waals surface area contributed by atoms with Gasteiger partial charge in [-0.15, -0.1) is 0 Å². The van der Waals surface area contributed by atoms with Crippen molar-refractivity contribution in [3.8, 4) is 0 Å². The molecule has 0 aliphatic carbocycles. The van der Waals surface area contributed by atoms with E-state index in [1.807, 2.05) is 51.1 Å². The second-order valence-corrected chi connectivity index (χ2v) is 9.03. The molecule has 2 aromatic rings. The molecule has 0 bridgehead atoms. The third-order valence-electron chi connectivity index (χ3n) is 5.10. The molecule has 2 amide bonds. The Morgan fingerprint density at radius 3 is 1.93 bits per heavy atom. The van der Waals surface area contributed by atoms with E-state index in [1.165, 1.54) is 0 Å². The van der Waals surface area contributed by atoms with Gasteiger partial charge in [-0.2, -0.15) is 0 Å². The summed E-state index contributed by atoms with van der Waals surface area (Å²) in [5, 5.41) is 1.56. The van der Waals surface area contributed by atoms with E-state index in [-0.39, 0.29) is 23.3 Å². The van der Waals surface area contributed by atoms with Crippen LogP contribution in [0.1, 0.15) is 77.9 Å². The monoisotopic (exact) mass is 394 g/mol. The predicted molar refractivity (Wildman–Crippen MR) is 119 cm³/mol. The zero-order chi connectivity index (χ0) is 21.8. The first-order valence-corrected chi connectivity index (χ1v) is 10.3. The molecule has 1 atom stereocenters. The zero-order valence-electron chi connectivity index (χ0n) is 18.8. The summed E-state index contributed by atoms with van der Waals surface area (Å²) in [5.41, 5.74) is 7.01. The van der Waals surface area contributed by atoms with Gasteiger partial charge >= 0.3 is 0 Å². The van der Waals surface area contributed by atoms with Crippen molar-refractivity contribution in [2.75, 3.05) is 0 Å². The van der Waals surface area contributed by atoms with Crippen LogP contribution in [-0.2, 0) is 0 Å². The highest BCUT2D eigenvalue weighted by Gasteiger charge is 2.35. The summed E-state index contributed by atoms with van der Waals surface area (Å²) in [6.07, 6.45) is 1.72. The Morgan fingerprint density at radius 2 is 1.45 bits per heavy atom. The van der Waals surface area contributed by atoms with E-state index in [2.05, 4.69) is 33.1 Å². The van der Waals surface area contributed by atoms with Crippen molar-refractivity contribution in [2.24, 2.45) is 5.41 Å². The molecular weight excluding hydrogens is 360 g/mol. The van der Waals surface area contributed by atoms with E-state index >= 15 is 0 Å². The number of benzene rings is 2. The summed E-state index contributed by atoms with van der Waals surface area (Å²) in [7, 11) is 0. The molecule has 0 fully saturated rings. The van der Waals surface area contributed by atoms with Gasteiger partial charge in [-0.05, 0) is 56.9 Å². The van der Waals surface area contributed by atoms with Crippen molar-refractivity contribution >= 4 is 11.8 Å². The zero-order valence-corrected chi connectivity index (χ0v) is 18.8. The number of amides is 2. The van der Waals surface area contributed by atoms with E-state index < -0.39 is 0 Å². The van der Waals surface area contributed by atoms with Crippen molar-refractivity contribution in [1.29, 1.82) is 0 Å².